The van der Waals surface area contributed by atoms with Crippen LogP contribution in [0, 0.1) is 0 Å². The Balaban J connectivity index is 2.58. The fourth-order valence-electron chi connectivity index (χ4n) is 1.88. The molecular formula is C17H29NO3. The van der Waals surface area contributed by atoms with Gasteiger partial charge in [-0.2, -0.15) is 0 Å². The first-order valence-corrected chi connectivity index (χ1v) is 7.62. The third-order valence-corrected chi connectivity index (χ3v) is 3.11. The summed E-state index contributed by atoms with van der Waals surface area (Å²) >= 11 is 0. The fourth-order valence-corrected chi connectivity index (χ4v) is 1.88. The van der Waals surface area contributed by atoms with Gasteiger partial charge < -0.3 is 19.9 Å². The van der Waals surface area contributed by atoms with Crippen LogP contribution in [0.15, 0.2) is 18.2 Å². The minimum absolute atomic E-state index is 0.0885. The lowest BCUT2D eigenvalue weighted by Crippen LogP contribution is -2.35. The van der Waals surface area contributed by atoms with E-state index in [-0.39, 0.29) is 12.1 Å². The minimum atomic E-state index is 0.0885. The highest BCUT2D eigenvalue weighted by Crippen LogP contribution is 2.28. The van der Waals surface area contributed by atoms with Gasteiger partial charge in [-0.15, -0.1) is 0 Å². The Morgan fingerprint density at radius 1 is 1.10 bits per heavy atom. The second-order valence-electron chi connectivity index (χ2n) is 6.22. The molecule has 4 nitrogen and oxygen atoms in total. The molecule has 0 spiro atoms. The van der Waals surface area contributed by atoms with Gasteiger partial charge in [-0.1, -0.05) is 6.07 Å². The average molecular weight is 295 g/mol. The first kappa shape index (κ1) is 17.8. The Bertz CT molecular complexity index is 413. The predicted octanol–water partition coefficient (Wildman–Crippen LogP) is 3.12. The summed E-state index contributed by atoms with van der Waals surface area (Å²) in [6.45, 7) is 8.14. The highest BCUT2D eigenvalue weighted by Gasteiger charge is 2.10. The first-order valence-electron chi connectivity index (χ1n) is 7.62. The highest BCUT2D eigenvalue weighted by molar-refractivity contribution is 5.43. The minimum Gasteiger partial charge on any atom is -0.493 e. The lowest BCUT2D eigenvalue weighted by Gasteiger charge is -2.21. The molecule has 120 valence electrons. The van der Waals surface area contributed by atoms with Crippen molar-refractivity contribution in [3.63, 3.8) is 0 Å². The van der Waals surface area contributed by atoms with Crippen molar-refractivity contribution in [2.45, 2.75) is 52.1 Å². The molecule has 0 radical (unpaired) electrons. The molecule has 0 fully saturated rings. The molecule has 0 atom stereocenters. The van der Waals surface area contributed by atoms with Crippen molar-refractivity contribution in [3.05, 3.63) is 23.8 Å². The van der Waals surface area contributed by atoms with Crippen molar-refractivity contribution in [1.82, 2.24) is 5.32 Å². The van der Waals surface area contributed by atoms with Crippen molar-refractivity contribution < 1.29 is 14.6 Å². The van der Waals surface area contributed by atoms with Gasteiger partial charge in [-0.3, -0.25) is 0 Å². The van der Waals surface area contributed by atoms with Gasteiger partial charge >= 0.3 is 0 Å². The summed E-state index contributed by atoms with van der Waals surface area (Å²) in [6, 6.07) is 6.03. The van der Waals surface area contributed by atoms with Crippen molar-refractivity contribution in [3.8, 4) is 11.5 Å². The maximum Gasteiger partial charge on any atom is 0.161 e. The number of ether oxygens (including phenoxy) is 2. The zero-order valence-electron chi connectivity index (χ0n) is 13.7. The lowest BCUT2D eigenvalue weighted by molar-refractivity contribution is 0.260. The second kappa shape index (κ2) is 8.90. The van der Waals surface area contributed by atoms with E-state index in [9.17, 15) is 0 Å². The molecule has 0 amide bonds. The number of aliphatic hydroxyl groups excluding tert-OH is 1. The van der Waals surface area contributed by atoms with E-state index in [0.717, 1.165) is 37.3 Å². The van der Waals surface area contributed by atoms with E-state index in [1.165, 1.54) is 5.56 Å². The zero-order valence-corrected chi connectivity index (χ0v) is 13.7. The summed E-state index contributed by atoms with van der Waals surface area (Å²) in [7, 11) is 1.65. The molecule has 0 aliphatic heterocycles. The van der Waals surface area contributed by atoms with Crippen LogP contribution in [0.1, 0.15) is 45.6 Å². The fraction of sp³-hybridized carbons (Fsp3) is 0.647. The van der Waals surface area contributed by atoms with Crippen LogP contribution in [-0.4, -0.2) is 31.0 Å². The van der Waals surface area contributed by atoms with E-state index in [1.54, 1.807) is 7.11 Å². The van der Waals surface area contributed by atoms with Crippen LogP contribution < -0.4 is 14.8 Å². The topological polar surface area (TPSA) is 50.7 Å². The van der Waals surface area contributed by atoms with Gasteiger partial charge in [0.15, 0.2) is 11.5 Å². The normalized spacial score (nSPS) is 11.5. The smallest absolute Gasteiger partial charge is 0.161 e. The quantitative estimate of drug-likeness (QED) is 0.687. The van der Waals surface area contributed by atoms with E-state index in [2.05, 4.69) is 32.2 Å². The molecule has 0 bridgehead atoms. The Labute approximate surface area is 128 Å². The summed E-state index contributed by atoms with van der Waals surface area (Å²) < 4.78 is 11.2. The van der Waals surface area contributed by atoms with Gasteiger partial charge in [-0.25, -0.2) is 0 Å². The van der Waals surface area contributed by atoms with E-state index >= 15 is 0 Å². The number of unbranched alkanes of at least 4 members (excludes halogenated alkanes) is 2. The Morgan fingerprint density at radius 2 is 1.86 bits per heavy atom. The Kier molecular flexibility index (Phi) is 7.54. The van der Waals surface area contributed by atoms with Crippen LogP contribution in [0.25, 0.3) is 0 Å². The number of hydrogen-bond acceptors (Lipinski definition) is 4. The van der Waals surface area contributed by atoms with Gasteiger partial charge in [0, 0.05) is 18.7 Å². The van der Waals surface area contributed by atoms with Crippen molar-refractivity contribution in [2.75, 3.05) is 20.3 Å². The number of rotatable bonds is 9. The lowest BCUT2D eigenvalue weighted by atomic mass is 10.1. The maximum absolute atomic E-state index is 8.76. The van der Waals surface area contributed by atoms with Crippen LogP contribution >= 0.6 is 0 Å². The van der Waals surface area contributed by atoms with Crippen molar-refractivity contribution in [1.29, 1.82) is 0 Å². The van der Waals surface area contributed by atoms with Crippen LogP contribution in [-0.2, 0) is 6.54 Å². The standard InChI is InChI=1S/C17H29NO3/c1-17(2,3)18-13-14-8-9-15(20-4)16(12-14)21-11-7-5-6-10-19/h8-9,12,18-19H,5-7,10-11,13H2,1-4H3. The van der Waals surface area contributed by atoms with Crippen LogP contribution in [0.2, 0.25) is 0 Å². The summed E-state index contributed by atoms with van der Waals surface area (Å²) in [6.07, 6.45) is 2.74. The third-order valence-electron chi connectivity index (χ3n) is 3.11. The molecule has 0 aliphatic rings. The molecule has 1 rings (SSSR count). The van der Waals surface area contributed by atoms with Gasteiger partial charge in [0.1, 0.15) is 0 Å². The molecule has 0 heterocycles. The molecule has 0 aliphatic carbocycles. The molecule has 0 aromatic heterocycles. The van der Waals surface area contributed by atoms with E-state index in [0.29, 0.717) is 6.61 Å². The van der Waals surface area contributed by atoms with E-state index in [1.807, 2.05) is 12.1 Å². The largest absolute Gasteiger partial charge is 0.493 e. The number of methoxy groups -OCH3 is 1. The van der Waals surface area contributed by atoms with Crippen LogP contribution in [0.4, 0.5) is 0 Å². The van der Waals surface area contributed by atoms with Gasteiger partial charge in [0.05, 0.1) is 13.7 Å². The second-order valence-corrected chi connectivity index (χ2v) is 6.22. The maximum atomic E-state index is 8.76. The number of benzene rings is 1. The Hall–Kier alpha value is -1.26. The van der Waals surface area contributed by atoms with E-state index in [4.69, 9.17) is 14.6 Å². The number of nitrogens with one attached hydrogen (secondary N) is 1. The Morgan fingerprint density at radius 3 is 2.48 bits per heavy atom. The van der Waals surface area contributed by atoms with E-state index < -0.39 is 0 Å². The summed E-state index contributed by atoms with van der Waals surface area (Å²) in [4.78, 5) is 0. The van der Waals surface area contributed by atoms with Crippen LogP contribution in [0.3, 0.4) is 0 Å². The molecule has 1 aromatic rings. The average Bonchev–Trinajstić information content (AvgIpc) is 2.44. The third kappa shape index (κ3) is 7.34. The summed E-state index contributed by atoms with van der Waals surface area (Å²) in [5, 5.41) is 12.2. The predicted molar refractivity (Wildman–Crippen MR) is 86.0 cm³/mol. The summed E-state index contributed by atoms with van der Waals surface area (Å²) in [5.74, 6) is 1.55. The monoisotopic (exact) mass is 295 g/mol. The molecule has 21 heavy (non-hydrogen) atoms. The molecular weight excluding hydrogens is 266 g/mol. The molecule has 0 saturated carbocycles. The van der Waals surface area contributed by atoms with Crippen LogP contribution in [0.5, 0.6) is 11.5 Å². The van der Waals surface area contributed by atoms with Gasteiger partial charge in [0.25, 0.3) is 0 Å². The van der Waals surface area contributed by atoms with Crippen molar-refractivity contribution >= 4 is 0 Å². The highest BCUT2D eigenvalue weighted by atomic mass is 16.5. The molecule has 1 aromatic carbocycles. The number of hydrogen-bond donors (Lipinski definition) is 2. The molecule has 4 heteroatoms. The SMILES string of the molecule is COc1ccc(CNC(C)(C)C)cc1OCCCCCO. The zero-order chi connectivity index (χ0) is 15.7. The summed E-state index contributed by atoms with van der Waals surface area (Å²) in [5.41, 5.74) is 1.27. The molecule has 0 unspecified atom stereocenters. The molecule has 2 N–H and O–H groups in total. The van der Waals surface area contributed by atoms with Gasteiger partial charge in [0.2, 0.25) is 0 Å². The first-order chi connectivity index (χ1) is 9.96. The molecule has 0 saturated heterocycles. The van der Waals surface area contributed by atoms with Crippen molar-refractivity contribution in [2.24, 2.45) is 0 Å². The van der Waals surface area contributed by atoms with Gasteiger partial charge in [-0.05, 0) is 57.7 Å². The number of aliphatic hydroxyl groups is 1.